The van der Waals surface area contributed by atoms with E-state index in [9.17, 15) is 0 Å². The van der Waals surface area contributed by atoms with Crippen LogP contribution in [0, 0.1) is 0 Å². The van der Waals surface area contributed by atoms with Gasteiger partial charge >= 0.3 is 0 Å². The Morgan fingerprint density at radius 1 is 0.529 bits per heavy atom. The molecular formula is C30H32N2O2. The standard InChI is InChI=1S/C30H32N2O2/c1-3-33-29-19-25(15-17-27(29)31-21-23-11-7-5-8-12-23)26-16-18-28(30(20-26)34-4-2)32-22-24-13-9-6-10-14-24/h5-20,31-32H,3-4,21-22H2,1-2H3. The molecule has 0 saturated carbocycles. The van der Waals surface area contributed by atoms with E-state index in [0.717, 1.165) is 47.1 Å². The maximum atomic E-state index is 5.97. The van der Waals surface area contributed by atoms with Crippen molar-refractivity contribution in [3.05, 3.63) is 108 Å². The highest BCUT2D eigenvalue weighted by Gasteiger charge is 2.10. The Hall–Kier alpha value is -3.92. The first-order valence-electron chi connectivity index (χ1n) is 11.9. The van der Waals surface area contributed by atoms with Gasteiger partial charge in [-0.2, -0.15) is 0 Å². The Morgan fingerprint density at radius 3 is 1.32 bits per heavy atom. The Balaban J connectivity index is 1.54. The monoisotopic (exact) mass is 452 g/mol. The Bertz CT molecular complexity index is 1080. The fourth-order valence-electron chi connectivity index (χ4n) is 3.83. The molecular weight excluding hydrogens is 420 g/mol. The molecule has 4 rings (SSSR count). The topological polar surface area (TPSA) is 42.5 Å². The molecule has 4 aromatic rings. The largest absolute Gasteiger partial charge is 0.492 e. The van der Waals surface area contributed by atoms with Crippen LogP contribution in [0.25, 0.3) is 11.1 Å². The van der Waals surface area contributed by atoms with Crippen molar-refractivity contribution in [1.82, 2.24) is 0 Å². The molecule has 4 nitrogen and oxygen atoms in total. The Kier molecular flexibility index (Phi) is 8.07. The molecule has 34 heavy (non-hydrogen) atoms. The van der Waals surface area contributed by atoms with Gasteiger partial charge in [-0.3, -0.25) is 0 Å². The Morgan fingerprint density at radius 2 is 0.941 bits per heavy atom. The van der Waals surface area contributed by atoms with Crippen LogP contribution in [0.1, 0.15) is 25.0 Å². The summed E-state index contributed by atoms with van der Waals surface area (Å²) in [5.41, 5.74) is 6.61. The van der Waals surface area contributed by atoms with E-state index in [1.54, 1.807) is 0 Å². The van der Waals surface area contributed by atoms with Crippen LogP contribution in [-0.4, -0.2) is 13.2 Å². The van der Waals surface area contributed by atoms with E-state index in [1.807, 2.05) is 26.0 Å². The van der Waals surface area contributed by atoms with E-state index < -0.39 is 0 Å². The van der Waals surface area contributed by atoms with Gasteiger partial charge in [0.2, 0.25) is 0 Å². The molecule has 0 heterocycles. The maximum absolute atomic E-state index is 5.97. The SMILES string of the molecule is CCOc1cc(-c2ccc(NCc3ccccc3)c(OCC)c2)ccc1NCc1ccccc1. The number of rotatable bonds is 11. The van der Waals surface area contributed by atoms with Gasteiger partial charge in [0.25, 0.3) is 0 Å². The summed E-state index contributed by atoms with van der Waals surface area (Å²) < 4.78 is 11.9. The van der Waals surface area contributed by atoms with Crippen LogP contribution < -0.4 is 20.1 Å². The summed E-state index contributed by atoms with van der Waals surface area (Å²) in [6.07, 6.45) is 0. The summed E-state index contributed by atoms with van der Waals surface area (Å²) >= 11 is 0. The van der Waals surface area contributed by atoms with E-state index in [4.69, 9.17) is 9.47 Å². The van der Waals surface area contributed by atoms with Gasteiger partial charge in [0.1, 0.15) is 11.5 Å². The summed E-state index contributed by atoms with van der Waals surface area (Å²) in [7, 11) is 0. The summed E-state index contributed by atoms with van der Waals surface area (Å²) in [5.74, 6) is 1.69. The molecule has 174 valence electrons. The first kappa shape index (κ1) is 23.2. The highest BCUT2D eigenvalue weighted by molar-refractivity contribution is 5.75. The predicted octanol–water partition coefficient (Wildman–Crippen LogP) is 7.38. The van der Waals surface area contributed by atoms with E-state index >= 15 is 0 Å². The van der Waals surface area contributed by atoms with Gasteiger partial charge in [0, 0.05) is 13.1 Å². The van der Waals surface area contributed by atoms with Crippen molar-refractivity contribution in [3.8, 4) is 22.6 Å². The first-order chi connectivity index (χ1) is 16.8. The predicted molar refractivity (Wildman–Crippen MR) is 142 cm³/mol. The smallest absolute Gasteiger partial charge is 0.142 e. The molecule has 0 atom stereocenters. The number of anilines is 2. The average molecular weight is 453 g/mol. The fourth-order valence-corrected chi connectivity index (χ4v) is 3.83. The summed E-state index contributed by atoms with van der Waals surface area (Å²) in [4.78, 5) is 0. The molecule has 4 aromatic carbocycles. The van der Waals surface area contributed by atoms with Crippen LogP contribution in [0.5, 0.6) is 11.5 Å². The van der Waals surface area contributed by atoms with Crippen molar-refractivity contribution in [2.45, 2.75) is 26.9 Å². The molecule has 0 aliphatic rings. The molecule has 0 amide bonds. The van der Waals surface area contributed by atoms with Crippen molar-refractivity contribution >= 4 is 11.4 Å². The molecule has 0 aromatic heterocycles. The zero-order valence-electron chi connectivity index (χ0n) is 19.9. The molecule has 0 bridgehead atoms. The molecule has 0 radical (unpaired) electrons. The number of hydrogen-bond donors (Lipinski definition) is 2. The number of ether oxygens (including phenoxy) is 2. The lowest BCUT2D eigenvalue weighted by atomic mass is 10.0. The summed E-state index contributed by atoms with van der Waals surface area (Å²) in [5, 5.41) is 7.01. The zero-order valence-corrected chi connectivity index (χ0v) is 19.9. The lowest BCUT2D eigenvalue weighted by Crippen LogP contribution is -2.04. The highest BCUT2D eigenvalue weighted by Crippen LogP contribution is 2.35. The minimum absolute atomic E-state index is 0.607. The van der Waals surface area contributed by atoms with Gasteiger partial charge in [0.05, 0.1) is 24.6 Å². The zero-order chi connectivity index (χ0) is 23.6. The fraction of sp³-hybridized carbons (Fsp3) is 0.200. The van der Waals surface area contributed by atoms with Crippen LogP contribution in [0.3, 0.4) is 0 Å². The van der Waals surface area contributed by atoms with E-state index in [2.05, 4.69) is 95.6 Å². The summed E-state index contributed by atoms with van der Waals surface area (Å²) in [6.45, 7) is 6.72. The van der Waals surface area contributed by atoms with Crippen molar-refractivity contribution in [3.63, 3.8) is 0 Å². The molecule has 4 heteroatoms. The first-order valence-corrected chi connectivity index (χ1v) is 11.9. The second kappa shape index (κ2) is 11.8. The van der Waals surface area contributed by atoms with E-state index in [1.165, 1.54) is 11.1 Å². The summed E-state index contributed by atoms with van der Waals surface area (Å²) in [6, 6.07) is 33.4. The average Bonchev–Trinajstić information content (AvgIpc) is 2.89. The molecule has 0 unspecified atom stereocenters. The maximum Gasteiger partial charge on any atom is 0.142 e. The normalized spacial score (nSPS) is 10.5. The van der Waals surface area contributed by atoms with Crippen LogP contribution in [-0.2, 0) is 13.1 Å². The van der Waals surface area contributed by atoms with Crippen LogP contribution in [0.2, 0.25) is 0 Å². The van der Waals surface area contributed by atoms with Crippen molar-refractivity contribution in [1.29, 1.82) is 0 Å². The van der Waals surface area contributed by atoms with Gasteiger partial charge < -0.3 is 20.1 Å². The van der Waals surface area contributed by atoms with Gasteiger partial charge in [-0.1, -0.05) is 72.8 Å². The van der Waals surface area contributed by atoms with Gasteiger partial charge in [-0.15, -0.1) is 0 Å². The molecule has 0 saturated heterocycles. The van der Waals surface area contributed by atoms with Crippen LogP contribution in [0.4, 0.5) is 11.4 Å². The lowest BCUT2D eigenvalue weighted by Gasteiger charge is -2.16. The third kappa shape index (κ3) is 6.10. The molecule has 0 aliphatic heterocycles. The second-order valence-electron chi connectivity index (χ2n) is 7.97. The van der Waals surface area contributed by atoms with Gasteiger partial charge in [0.15, 0.2) is 0 Å². The van der Waals surface area contributed by atoms with E-state index in [0.29, 0.717) is 13.2 Å². The molecule has 0 aliphatic carbocycles. The van der Waals surface area contributed by atoms with Gasteiger partial charge in [-0.05, 0) is 60.4 Å². The minimum Gasteiger partial charge on any atom is -0.492 e. The highest BCUT2D eigenvalue weighted by atomic mass is 16.5. The minimum atomic E-state index is 0.607. The Labute approximate surface area is 202 Å². The third-order valence-corrected chi connectivity index (χ3v) is 5.55. The van der Waals surface area contributed by atoms with Crippen molar-refractivity contribution < 1.29 is 9.47 Å². The van der Waals surface area contributed by atoms with E-state index in [-0.39, 0.29) is 0 Å². The quantitative estimate of drug-likeness (QED) is 0.249. The number of nitrogens with one attached hydrogen (secondary N) is 2. The third-order valence-electron chi connectivity index (χ3n) is 5.55. The van der Waals surface area contributed by atoms with Gasteiger partial charge in [-0.25, -0.2) is 0 Å². The van der Waals surface area contributed by atoms with Crippen molar-refractivity contribution in [2.24, 2.45) is 0 Å². The molecule has 2 N–H and O–H groups in total. The lowest BCUT2D eigenvalue weighted by molar-refractivity contribution is 0.341. The second-order valence-corrected chi connectivity index (χ2v) is 7.97. The number of benzene rings is 4. The van der Waals surface area contributed by atoms with Crippen LogP contribution in [0.15, 0.2) is 97.1 Å². The van der Waals surface area contributed by atoms with Crippen molar-refractivity contribution in [2.75, 3.05) is 23.8 Å². The van der Waals surface area contributed by atoms with Crippen LogP contribution >= 0.6 is 0 Å². The molecule has 0 fully saturated rings. The molecule has 0 spiro atoms. The number of hydrogen-bond acceptors (Lipinski definition) is 4.